The summed E-state index contributed by atoms with van der Waals surface area (Å²) in [7, 11) is 0. The third kappa shape index (κ3) is 3.20. The first-order chi connectivity index (χ1) is 9.60. The van der Waals surface area contributed by atoms with Gasteiger partial charge in [-0.05, 0) is 42.8 Å². The number of aldehydes is 1. The van der Waals surface area contributed by atoms with E-state index in [0.717, 1.165) is 6.29 Å². The average Bonchev–Trinajstić information content (AvgIpc) is 2.44. The summed E-state index contributed by atoms with van der Waals surface area (Å²) in [5, 5.41) is 5.22. The van der Waals surface area contributed by atoms with Crippen LogP contribution in [0.1, 0.15) is 15.9 Å². The lowest BCUT2D eigenvalue weighted by atomic mass is 10.1. The minimum atomic E-state index is -0.456. The lowest BCUT2D eigenvalue weighted by molar-refractivity contribution is 0.112. The summed E-state index contributed by atoms with van der Waals surface area (Å²) in [6.07, 6.45) is 0.735. The number of hydrogen-bond donors (Lipinski definition) is 2. The van der Waals surface area contributed by atoms with Crippen molar-refractivity contribution in [3.8, 4) is 0 Å². The second-order valence-corrected chi connectivity index (χ2v) is 4.22. The van der Waals surface area contributed by atoms with Crippen LogP contribution >= 0.6 is 0 Å². The number of rotatable bonds is 3. The van der Waals surface area contributed by atoms with E-state index in [2.05, 4.69) is 10.6 Å². The molecular formula is C15H13FN2O2. The van der Waals surface area contributed by atoms with Gasteiger partial charge in [-0.15, -0.1) is 0 Å². The fraction of sp³-hybridized carbons (Fsp3) is 0.0667. The molecule has 2 aromatic carbocycles. The van der Waals surface area contributed by atoms with Crippen LogP contribution in [0.4, 0.5) is 20.6 Å². The van der Waals surface area contributed by atoms with Gasteiger partial charge in [-0.2, -0.15) is 0 Å². The van der Waals surface area contributed by atoms with Crippen molar-refractivity contribution in [1.82, 2.24) is 0 Å². The second kappa shape index (κ2) is 5.97. The van der Waals surface area contributed by atoms with Gasteiger partial charge in [-0.25, -0.2) is 9.18 Å². The van der Waals surface area contributed by atoms with Gasteiger partial charge in [-0.3, -0.25) is 4.79 Å². The number of nitrogens with one attached hydrogen (secondary N) is 2. The number of carbonyl (C=O) groups excluding carboxylic acids is 2. The van der Waals surface area contributed by atoms with Gasteiger partial charge in [0.05, 0.1) is 0 Å². The number of anilines is 2. The van der Waals surface area contributed by atoms with Crippen molar-refractivity contribution in [2.24, 2.45) is 0 Å². The highest BCUT2D eigenvalue weighted by molar-refractivity contribution is 6.00. The summed E-state index contributed by atoms with van der Waals surface area (Å²) in [4.78, 5) is 22.6. The fourth-order valence-electron chi connectivity index (χ4n) is 1.73. The quantitative estimate of drug-likeness (QED) is 0.839. The SMILES string of the molecule is Cc1c(C=O)cccc1NC(=O)Nc1ccc(F)cc1. The zero-order valence-corrected chi connectivity index (χ0v) is 10.8. The Hall–Kier alpha value is -2.69. The molecule has 0 spiro atoms. The first-order valence-electron chi connectivity index (χ1n) is 5.98. The van der Waals surface area contributed by atoms with Crippen LogP contribution < -0.4 is 10.6 Å². The molecule has 0 atom stereocenters. The van der Waals surface area contributed by atoms with Crippen molar-refractivity contribution >= 4 is 23.7 Å². The van der Waals surface area contributed by atoms with Crippen LogP contribution in [0.15, 0.2) is 42.5 Å². The first-order valence-corrected chi connectivity index (χ1v) is 5.98. The van der Waals surface area contributed by atoms with Gasteiger partial charge < -0.3 is 10.6 Å². The molecule has 4 nitrogen and oxygen atoms in total. The zero-order chi connectivity index (χ0) is 14.5. The molecular weight excluding hydrogens is 259 g/mol. The van der Waals surface area contributed by atoms with Crippen molar-refractivity contribution in [2.75, 3.05) is 10.6 Å². The minimum absolute atomic E-state index is 0.370. The standard InChI is InChI=1S/C15H13FN2O2/c1-10-11(9-19)3-2-4-14(10)18-15(20)17-13-7-5-12(16)6-8-13/h2-9H,1H3,(H2,17,18,20). The molecule has 0 heterocycles. The van der Waals surface area contributed by atoms with Gasteiger partial charge in [-0.1, -0.05) is 12.1 Å². The highest BCUT2D eigenvalue weighted by atomic mass is 19.1. The Morgan fingerprint density at radius 1 is 1.10 bits per heavy atom. The van der Waals surface area contributed by atoms with E-state index in [0.29, 0.717) is 22.5 Å². The molecule has 0 saturated heterocycles. The highest BCUT2D eigenvalue weighted by Gasteiger charge is 2.07. The molecule has 5 heteroatoms. The summed E-state index contributed by atoms with van der Waals surface area (Å²) in [6, 6.07) is 10.0. The fourth-order valence-corrected chi connectivity index (χ4v) is 1.73. The molecule has 0 radical (unpaired) electrons. The van der Waals surface area contributed by atoms with Gasteiger partial charge >= 0.3 is 6.03 Å². The molecule has 0 saturated carbocycles. The van der Waals surface area contributed by atoms with Crippen LogP contribution in [0.3, 0.4) is 0 Å². The molecule has 2 amide bonds. The molecule has 0 aliphatic heterocycles. The summed E-state index contributed by atoms with van der Waals surface area (Å²) >= 11 is 0. The second-order valence-electron chi connectivity index (χ2n) is 4.22. The summed E-state index contributed by atoms with van der Waals surface area (Å²) in [5.41, 5.74) is 2.24. The monoisotopic (exact) mass is 272 g/mol. The van der Waals surface area contributed by atoms with Crippen molar-refractivity contribution in [3.63, 3.8) is 0 Å². The molecule has 0 aliphatic carbocycles. The van der Waals surface area contributed by atoms with Crippen LogP contribution in [-0.4, -0.2) is 12.3 Å². The number of hydrogen-bond acceptors (Lipinski definition) is 2. The van der Waals surface area contributed by atoms with Crippen molar-refractivity contribution in [1.29, 1.82) is 0 Å². The Bertz CT molecular complexity index is 639. The molecule has 2 N–H and O–H groups in total. The normalized spacial score (nSPS) is 9.90. The van der Waals surface area contributed by atoms with E-state index in [-0.39, 0.29) is 5.82 Å². The Balaban J connectivity index is 2.08. The maximum absolute atomic E-state index is 12.7. The van der Waals surface area contributed by atoms with E-state index in [4.69, 9.17) is 0 Å². The van der Waals surface area contributed by atoms with Gasteiger partial charge in [0.25, 0.3) is 0 Å². The predicted octanol–water partition coefficient (Wildman–Crippen LogP) is 3.59. The van der Waals surface area contributed by atoms with E-state index in [1.54, 1.807) is 25.1 Å². The number of benzene rings is 2. The Labute approximate surface area is 115 Å². The first kappa shape index (κ1) is 13.7. The Morgan fingerprint density at radius 3 is 2.45 bits per heavy atom. The Kier molecular flexibility index (Phi) is 4.10. The van der Waals surface area contributed by atoms with E-state index in [9.17, 15) is 14.0 Å². The lowest BCUT2D eigenvalue weighted by Crippen LogP contribution is -2.20. The third-order valence-corrected chi connectivity index (χ3v) is 2.85. The van der Waals surface area contributed by atoms with Crippen LogP contribution in [0.5, 0.6) is 0 Å². The molecule has 2 aromatic rings. The molecule has 20 heavy (non-hydrogen) atoms. The van der Waals surface area contributed by atoms with Gasteiger partial charge in [0.15, 0.2) is 0 Å². The zero-order valence-electron chi connectivity index (χ0n) is 10.8. The maximum atomic E-state index is 12.7. The van der Waals surface area contributed by atoms with E-state index >= 15 is 0 Å². The van der Waals surface area contributed by atoms with Crippen molar-refractivity contribution in [2.45, 2.75) is 6.92 Å². The molecule has 0 aromatic heterocycles. The van der Waals surface area contributed by atoms with E-state index in [1.165, 1.54) is 24.3 Å². The number of amides is 2. The maximum Gasteiger partial charge on any atom is 0.323 e. The molecule has 0 unspecified atom stereocenters. The molecule has 102 valence electrons. The lowest BCUT2D eigenvalue weighted by Gasteiger charge is -2.11. The molecule has 0 fully saturated rings. The van der Waals surface area contributed by atoms with Crippen LogP contribution in [0.25, 0.3) is 0 Å². The van der Waals surface area contributed by atoms with Gasteiger partial charge in [0.2, 0.25) is 0 Å². The molecule has 2 rings (SSSR count). The van der Waals surface area contributed by atoms with Crippen LogP contribution in [-0.2, 0) is 0 Å². The van der Waals surface area contributed by atoms with Crippen LogP contribution in [0.2, 0.25) is 0 Å². The number of urea groups is 1. The van der Waals surface area contributed by atoms with E-state index in [1.807, 2.05) is 0 Å². The average molecular weight is 272 g/mol. The van der Waals surface area contributed by atoms with Gasteiger partial charge in [0, 0.05) is 16.9 Å². The predicted molar refractivity (Wildman–Crippen MR) is 75.6 cm³/mol. The highest BCUT2D eigenvalue weighted by Crippen LogP contribution is 2.18. The molecule has 0 aliphatic rings. The number of halogens is 1. The Morgan fingerprint density at radius 2 is 1.80 bits per heavy atom. The van der Waals surface area contributed by atoms with E-state index < -0.39 is 6.03 Å². The summed E-state index contributed by atoms with van der Waals surface area (Å²) < 4.78 is 12.7. The summed E-state index contributed by atoms with van der Waals surface area (Å²) in [5.74, 6) is -0.370. The smallest absolute Gasteiger partial charge is 0.308 e. The third-order valence-electron chi connectivity index (χ3n) is 2.85. The minimum Gasteiger partial charge on any atom is -0.308 e. The molecule has 0 bridgehead atoms. The summed E-state index contributed by atoms with van der Waals surface area (Å²) in [6.45, 7) is 1.75. The van der Waals surface area contributed by atoms with Crippen molar-refractivity contribution < 1.29 is 14.0 Å². The van der Waals surface area contributed by atoms with Crippen LogP contribution in [0, 0.1) is 12.7 Å². The van der Waals surface area contributed by atoms with Gasteiger partial charge in [0.1, 0.15) is 12.1 Å². The largest absolute Gasteiger partial charge is 0.323 e. The topological polar surface area (TPSA) is 58.2 Å². The number of carbonyl (C=O) groups is 2. The van der Waals surface area contributed by atoms with Crippen molar-refractivity contribution in [3.05, 3.63) is 59.4 Å².